The summed E-state index contributed by atoms with van der Waals surface area (Å²) in [6.45, 7) is 1.93. The lowest BCUT2D eigenvalue weighted by Crippen LogP contribution is -2.32. The third-order valence-corrected chi connectivity index (χ3v) is 4.05. The lowest BCUT2D eigenvalue weighted by Gasteiger charge is -2.09. The molecule has 0 N–H and O–H groups in total. The van der Waals surface area contributed by atoms with Gasteiger partial charge in [-0.3, -0.25) is 9.69 Å². The number of aryl methyl sites for hydroxylation is 1. The van der Waals surface area contributed by atoms with Crippen molar-refractivity contribution in [2.75, 3.05) is 7.05 Å². The first-order valence-corrected chi connectivity index (χ1v) is 6.65. The molecule has 2 rings (SSSR count). The number of benzene rings is 1. The summed E-state index contributed by atoms with van der Waals surface area (Å²) in [5.74, 6) is -1.47. The van der Waals surface area contributed by atoms with Gasteiger partial charge in [-0.1, -0.05) is 30.0 Å². The number of carbonyl (C=O) groups is 2. The van der Waals surface area contributed by atoms with Crippen molar-refractivity contribution in [3.8, 4) is 0 Å². The molecule has 0 saturated carbocycles. The highest BCUT2D eigenvalue weighted by molar-refractivity contribution is 8.15. The number of amidine groups is 1. The van der Waals surface area contributed by atoms with Crippen molar-refractivity contribution in [2.24, 2.45) is 4.99 Å². The highest BCUT2D eigenvalue weighted by atomic mass is 32.2. The number of carboxylic acids is 1. The minimum absolute atomic E-state index is 0.249. The summed E-state index contributed by atoms with van der Waals surface area (Å²) in [6.07, 6.45) is -0.291. The molecule has 1 aromatic carbocycles. The van der Waals surface area contributed by atoms with Crippen LogP contribution in [-0.2, 0) is 9.59 Å². The van der Waals surface area contributed by atoms with Crippen LogP contribution in [0.4, 0.5) is 5.69 Å². The highest BCUT2D eigenvalue weighted by Crippen LogP contribution is 2.31. The summed E-state index contributed by atoms with van der Waals surface area (Å²) < 4.78 is 0. The molecule has 1 aromatic rings. The van der Waals surface area contributed by atoms with E-state index >= 15 is 0 Å². The van der Waals surface area contributed by atoms with E-state index in [0.29, 0.717) is 5.17 Å². The summed E-state index contributed by atoms with van der Waals surface area (Å²) in [4.78, 5) is 28.3. The topological polar surface area (TPSA) is 72.8 Å². The predicted molar refractivity (Wildman–Crippen MR) is 72.0 cm³/mol. The lowest BCUT2D eigenvalue weighted by molar-refractivity contribution is -0.305. The summed E-state index contributed by atoms with van der Waals surface area (Å²) in [5.41, 5.74) is 1.78. The Morgan fingerprint density at radius 2 is 2.16 bits per heavy atom. The van der Waals surface area contributed by atoms with Crippen LogP contribution in [-0.4, -0.2) is 34.2 Å². The van der Waals surface area contributed by atoms with Crippen LogP contribution in [0.5, 0.6) is 0 Å². The maximum absolute atomic E-state index is 11.9. The number of thioether (sulfide) groups is 1. The van der Waals surface area contributed by atoms with E-state index in [-0.39, 0.29) is 12.3 Å². The zero-order valence-electron chi connectivity index (χ0n) is 10.6. The van der Waals surface area contributed by atoms with Crippen molar-refractivity contribution in [3.63, 3.8) is 0 Å². The minimum Gasteiger partial charge on any atom is -0.550 e. The van der Waals surface area contributed by atoms with Crippen LogP contribution in [0.3, 0.4) is 0 Å². The van der Waals surface area contributed by atoms with Crippen molar-refractivity contribution in [1.29, 1.82) is 0 Å². The Kier molecular flexibility index (Phi) is 3.90. The van der Waals surface area contributed by atoms with Crippen molar-refractivity contribution in [2.45, 2.75) is 18.6 Å². The number of carboxylic acid groups (broad SMARTS) is 1. The molecular formula is C13H13N2O3S-. The summed E-state index contributed by atoms with van der Waals surface area (Å²) in [6, 6.07) is 7.56. The number of hydrogen-bond acceptors (Lipinski definition) is 5. The van der Waals surface area contributed by atoms with Gasteiger partial charge in [0.1, 0.15) is 0 Å². The largest absolute Gasteiger partial charge is 0.550 e. The molecule has 0 spiro atoms. The SMILES string of the molecule is Cc1ccccc1N=C1S[C@H](CC(=O)[O-])C(=O)N1C. The first kappa shape index (κ1) is 13.6. The van der Waals surface area contributed by atoms with Crippen LogP contribution in [0, 0.1) is 6.92 Å². The molecule has 100 valence electrons. The third-order valence-electron chi connectivity index (χ3n) is 2.82. The van der Waals surface area contributed by atoms with E-state index in [9.17, 15) is 14.7 Å². The molecule has 0 unspecified atom stereocenters. The van der Waals surface area contributed by atoms with E-state index < -0.39 is 11.2 Å². The Balaban J connectivity index is 2.25. The van der Waals surface area contributed by atoms with Crippen molar-refractivity contribution in [1.82, 2.24) is 4.90 Å². The molecule has 1 atom stereocenters. The van der Waals surface area contributed by atoms with Crippen molar-refractivity contribution in [3.05, 3.63) is 29.8 Å². The van der Waals surface area contributed by atoms with E-state index in [1.54, 1.807) is 7.05 Å². The van der Waals surface area contributed by atoms with Gasteiger partial charge in [-0.2, -0.15) is 0 Å². The third kappa shape index (κ3) is 2.96. The molecule has 1 aliphatic rings. The van der Waals surface area contributed by atoms with Gasteiger partial charge in [0.05, 0.1) is 10.9 Å². The van der Waals surface area contributed by atoms with Gasteiger partial charge in [0.25, 0.3) is 0 Å². The quantitative estimate of drug-likeness (QED) is 0.815. The van der Waals surface area contributed by atoms with Gasteiger partial charge in [0, 0.05) is 19.4 Å². The van der Waals surface area contributed by atoms with Crippen LogP contribution in [0.15, 0.2) is 29.3 Å². The van der Waals surface area contributed by atoms with Crippen molar-refractivity contribution >= 4 is 34.5 Å². The van der Waals surface area contributed by atoms with E-state index in [1.165, 1.54) is 4.90 Å². The standard InChI is InChI=1S/C13H14N2O3S/c1-8-5-3-4-6-9(8)14-13-15(2)12(18)10(19-13)7-11(16)17/h3-6,10H,7H2,1-2H3,(H,16,17)/p-1/t10-/m1/s1. The Labute approximate surface area is 115 Å². The molecule has 0 aromatic heterocycles. The number of aliphatic imine (C=N–C) groups is 1. The average molecular weight is 277 g/mol. The van der Waals surface area contributed by atoms with Crippen molar-refractivity contribution < 1.29 is 14.7 Å². The molecule has 0 bridgehead atoms. The fourth-order valence-corrected chi connectivity index (χ4v) is 2.87. The zero-order valence-corrected chi connectivity index (χ0v) is 11.4. The Morgan fingerprint density at radius 3 is 2.79 bits per heavy atom. The van der Waals surface area contributed by atoms with Crippen LogP contribution >= 0.6 is 11.8 Å². The Hall–Kier alpha value is -1.82. The number of nitrogens with zero attached hydrogens (tertiary/aromatic N) is 2. The fraction of sp³-hybridized carbons (Fsp3) is 0.308. The lowest BCUT2D eigenvalue weighted by atomic mass is 10.2. The fourth-order valence-electron chi connectivity index (χ4n) is 1.74. The van der Waals surface area contributed by atoms with E-state index in [0.717, 1.165) is 23.0 Å². The van der Waals surface area contributed by atoms with Gasteiger partial charge in [0.15, 0.2) is 5.17 Å². The van der Waals surface area contributed by atoms with Gasteiger partial charge in [-0.05, 0) is 18.6 Å². The number of rotatable bonds is 3. The molecule has 0 radical (unpaired) electrons. The van der Waals surface area contributed by atoms with Crippen LogP contribution in [0.1, 0.15) is 12.0 Å². The summed E-state index contributed by atoms with van der Waals surface area (Å²) >= 11 is 1.16. The summed E-state index contributed by atoms with van der Waals surface area (Å²) in [5, 5.41) is 10.5. The number of carbonyl (C=O) groups excluding carboxylic acids is 2. The molecule has 1 heterocycles. The molecule has 1 fully saturated rings. The predicted octanol–water partition coefficient (Wildman–Crippen LogP) is 0.696. The van der Waals surface area contributed by atoms with Crippen LogP contribution in [0.2, 0.25) is 0 Å². The normalized spacial score (nSPS) is 21.2. The van der Waals surface area contributed by atoms with Gasteiger partial charge in [-0.25, -0.2) is 4.99 Å². The molecule has 1 amide bonds. The van der Waals surface area contributed by atoms with Gasteiger partial charge in [0.2, 0.25) is 5.91 Å². The number of hydrogen-bond donors (Lipinski definition) is 0. The molecule has 19 heavy (non-hydrogen) atoms. The Morgan fingerprint density at radius 1 is 1.47 bits per heavy atom. The number of aliphatic carboxylic acids is 1. The van der Waals surface area contributed by atoms with Crippen LogP contribution in [0.25, 0.3) is 0 Å². The second kappa shape index (κ2) is 5.44. The first-order valence-electron chi connectivity index (χ1n) is 5.77. The monoisotopic (exact) mass is 277 g/mol. The Bertz CT molecular complexity index is 557. The first-order chi connectivity index (χ1) is 8.99. The zero-order chi connectivity index (χ0) is 14.0. The van der Waals surface area contributed by atoms with Gasteiger partial charge in [-0.15, -0.1) is 0 Å². The van der Waals surface area contributed by atoms with Gasteiger partial charge < -0.3 is 9.90 Å². The van der Waals surface area contributed by atoms with Gasteiger partial charge >= 0.3 is 0 Å². The highest BCUT2D eigenvalue weighted by Gasteiger charge is 2.35. The molecule has 0 aliphatic carbocycles. The number of para-hydroxylation sites is 1. The molecule has 1 aliphatic heterocycles. The maximum atomic E-state index is 11.9. The molecule has 5 nitrogen and oxygen atoms in total. The van der Waals surface area contributed by atoms with E-state index in [4.69, 9.17) is 0 Å². The second-order valence-corrected chi connectivity index (χ2v) is 5.43. The van der Waals surface area contributed by atoms with Crippen LogP contribution < -0.4 is 5.11 Å². The van der Waals surface area contributed by atoms with E-state index in [2.05, 4.69) is 4.99 Å². The average Bonchev–Trinajstić information content (AvgIpc) is 2.60. The number of amides is 1. The smallest absolute Gasteiger partial charge is 0.242 e. The minimum atomic E-state index is -1.23. The molecule has 1 saturated heterocycles. The second-order valence-electron chi connectivity index (χ2n) is 4.26. The summed E-state index contributed by atoms with van der Waals surface area (Å²) in [7, 11) is 1.60. The molecule has 6 heteroatoms. The van der Waals surface area contributed by atoms with E-state index in [1.807, 2.05) is 31.2 Å². The molecular weight excluding hydrogens is 264 g/mol. The maximum Gasteiger partial charge on any atom is 0.242 e.